The highest BCUT2D eigenvalue weighted by molar-refractivity contribution is 5.92. The fraction of sp³-hybridized carbons (Fsp3) is 0.609. The van der Waals surface area contributed by atoms with E-state index < -0.39 is 12.1 Å². The first-order chi connectivity index (χ1) is 13.7. The molecule has 0 saturated heterocycles. The van der Waals surface area contributed by atoms with Gasteiger partial charge in [-0.25, -0.2) is 4.79 Å². The van der Waals surface area contributed by atoms with E-state index in [2.05, 4.69) is 22.8 Å². The van der Waals surface area contributed by atoms with Gasteiger partial charge in [-0.15, -0.1) is 0 Å². The van der Waals surface area contributed by atoms with Crippen LogP contribution in [0.15, 0.2) is 24.3 Å². The maximum atomic E-state index is 12.8. The van der Waals surface area contributed by atoms with Crippen molar-refractivity contribution in [3.05, 3.63) is 35.4 Å². The summed E-state index contributed by atoms with van der Waals surface area (Å²) in [6.45, 7) is 0. The average molecular weight is 383 g/mol. The number of aldehydes is 1. The molecule has 3 aliphatic carbocycles. The molecule has 5 heteroatoms. The van der Waals surface area contributed by atoms with Crippen molar-refractivity contribution >= 4 is 18.1 Å². The second-order valence-corrected chi connectivity index (χ2v) is 8.77. The Morgan fingerprint density at radius 1 is 0.893 bits per heavy atom. The highest BCUT2D eigenvalue weighted by Crippen LogP contribution is 2.35. The lowest BCUT2D eigenvalue weighted by atomic mass is 9.81. The van der Waals surface area contributed by atoms with Crippen LogP contribution in [0.1, 0.15) is 56.1 Å². The minimum atomic E-state index is -0.532. The number of carbonyl (C=O) groups excluding carboxylic acids is 3. The molecule has 2 unspecified atom stereocenters. The van der Waals surface area contributed by atoms with E-state index in [1.54, 1.807) is 0 Å². The molecular formula is C23H30N2O3. The quantitative estimate of drug-likeness (QED) is 0.711. The van der Waals surface area contributed by atoms with Gasteiger partial charge in [0.2, 0.25) is 0 Å². The maximum absolute atomic E-state index is 12.8. The second-order valence-electron chi connectivity index (χ2n) is 8.77. The minimum Gasteiger partial charge on any atom is -0.328 e. The summed E-state index contributed by atoms with van der Waals surface area (Å²) < 4.78 is 0. The standard InChI is InChI=1S/C23H30N2O3/c26-14-20(19-12-17-8-4-5-9-18(17)13-19)24-23(28)25-21(22(27)16-10-11-16)15-6-2-1-3-7-15/h4-5,8-9,14-16,19-21H,1-3,6-7,10-13H2,(H2,24,25,28). The number of ketones is 1. The number of hydrogen-bond donors (Lipinski definition) is 2. The largest absolute Gasteiger partial charge is 0.328 e. The molecule has 2 fully saturated rings. The van der Waals surface area contributed by atoms with Crippen LogP contribution in [0.4, 0.5) is 4.79 Å². The topological polar surface area (TPSA) is 75.3 Å². The predicted octanol–water partition coefficient (Wildman–Crippen LogP) is 3.20. The number of amides is 2. The number of Topliss-reactive ketones (excluding diaryl/α,β-unsaturated/α-hetero) is 1. The van der Waals surface area contributed by atoms with Crippen molar-refractivity contribution in [3.63, 3.8) is 0 Å². The summed E-state index contributed by atoms with van der Waals surface area (Å²) in [6.07, 6.45) is 9.79. The summed E-state index contributed by atoms with van der Waals surface area (Å²) in [5.41, 5.74) is 2.51. The van der Waals surface area contributed by atoms with Gasteiger partial charge in [-0.3, -0.25) is 4.79 Å². The van der Waals surface area contributed by atoms with Gasteiger partial charge in [0.15, 0.2) is 5.78 Å². The Balaban J connectivity index is 1.38. The molecule has 2 amide bonds. The zero-order valence-electron chi connectivity index (χ0n) is 16.4. The van der Waals surface area contributed by atoms with Gasteiger partial charge in [0, 0.05) is 5.92 Å². The van der Waals surface area contributed by atoms with Crippen LogP contribution in [-0.2, 0) is 22.4 Å². The van der Waals surface area contributed by atoms with Crippen molar-refractivity contribution in [1.82, 2.24) is 10.6 Å². The normalized spacial score (nSPS) is 22.1. The van der Waals surface area contributed by atoms with E-state index in [-0.39, 0.29) is 29.6 Å². The van der Waals surface area contributed by atoms with Crippen LogP contribution in [-0.4, -0.2) is 30.2 Å². The van der Waals surface area contributed by atoms with Crippen LogP contribution in [0.3, 0.4) is 0 Å². The van der Waals surface area contributed by atoms with Gasteiger partial charge in [0.1, 0.15) is 6.29 Å². The van der Waals surface area contributed by atoms with E-state index in [1.807, 2.05) is 12.1 Å². The zero-order valence-corrected chi connectivity index (χ0v) is 16.4. The first kappa shape index (κ1) is 19.2. The second kappa shape index (κ2) is 8.46. The molecule has 0 heterocycles. The van der Waals surface area contributed by atoms with Crippen molar-refractivity contribution in [1.29, 1.82) is 0 Å². The van der Waals surface area contributed by atoms with Gasteiger partial charge in [-0.05, 0) is 61.5 Å². The van der Waals surface area contributed by atoms with E-state index in [1.165, 1.54) is 17.5 Å². The highest BCUT2D eigenvalue weighted by Gasteiger charge is 2.40. The Hall–Kier alpha value is -2.17. The number of nitrogens with one attached hydrogen (secondary N) is 2. The van der Waals surface area contributed by atoms with Gasteiger partial charge < -0.3 is 15.4 Å². The van der Waals surface area contributed by atoms with Gasteiger partial charge in [-0.1, -0.05) is 43.5 Å². The van der Waals surface area contributed by atoms with Crippen molar-refractivity contribution in [3.8, 4) is 0 Å². The van der Waals surface area contributed by atoms with Crippen LogP contribution in [0.5, 0.6) is 0 Å². The zero-order chi connectivity index (χ0) is 19.5. The fourth-order valence-electron chi connectivity index (χ4n) is 4.95. The number of carbonyl (C=O) groups is 3. The third-order valence-electron chi connectivity index (χ3n) is 6.73. The Morgan fingerprint density at radius 2 is 1.54 bits per heavy atom. The van der Waals surface area contributed by atoms with E-state index >= 15 is 0 Å². The molecular weight excluding hydrogens is 352 g/mol. The fourth-order valence-corrected chi connectivity index (χ4v) is 4.95. The molecule has 0 aliphatic heterocycles. The van der Waals surface area contributed by atoms with Crippen LogP contribution in [0, 0.1) is 17.8 Å². The molecule has 1 aromatic carbocycles. The smallest absolute Gasteiger partial charge is 0.315 e. The summed E-state index contributed by atoms with van der Waals surface area (Å²) in [4.78, 5) is 37.2. The van der Waals surface area contributed by atoms with Gasteiger partial charge in [0.05, 0.1) is 12.1 Å². The van der Waals surface area contributed by atoms with E-state index in [0.717, 1.165) is 57.7 Å². The molecule has 1 aromatic rings. The monoisotopic (exact) mass is 382 g/mol. The summed E-state index contributed by atoms with van der Waals surface area (Å²) in [7, 11) is 0. The Labute approximate surface area is 166 Å². The number of hydrogen-bond acceptors (Lipinski definition) is 3. The summed E-state index contributed by atoms with van der Waals surface area (Å²) in [5.74, 6) is 0.627. The molecule has 0 bridgehead atoms. The Morgan fingerprint density at radius 3 is 2.11 bits per heavy atom. The number of rotatable bonds is 7. The molecule has 4 rings (SSSR count). The van der Waals surface area contributed by atoms with Crippen molar-refractivity contribution in [2.24, 2.45) is 17.8 Å². The molecule has 2 N–H and O–H groups in total. The summed E-state index contributed by atoms with van der Waals surface area (Å²) in [5, 5.41) is 5.82. The molecule has 150 valence electrons. The van der Waals surface area contributed by atoms with E-state index in [0.29, 0.717) is 0 Å². The van der Waals surface area contributed by atoms with Gasteiger partial charge >= 0.3 is 6.03 Å². The lowest BCUT2D eigenvalue weighted by molar-refractivity contribution is -0.123. The third kappa shape index (κ3) is 4.29. The van der Waals surface area contributed by atoms with Crippen LogP contribution in [0.2, 0.25) is 0 Å². The first-order valence-electron chi connectivity index (χ1n) is 10.8. The van der Waals surface area contributed by atoms with Crippen molar-refractivity contribution in [2.45, 2.75) is 69.9 Å². The number of benzene rings is 1. The molecule has 0 radical (unpaired) electrons. The SMILES string of the molecule is O=CC(NC(=O)NC(C(=O)C1CC1)C1CCCCC1)C1Cc2ccccc2C1. The summed E-state index contributed by atoms with van der Waals surface area (Å²) >= 11 is 0. The first-order valence-corrected chi connectivity index (χ1v) is 10.8. The minimum absolute atomic E-state index is 0.0768. The Kier molecular flexibility index (Phi) is 5.79. The van der Waals surface area contributed by atoms with Crippen LogP contribution >= 0.6 is 0 Å². The van der Waals surface area contributed by atoms with E-state index in [9.17, 15) is 14.4 Å². The molecule has 28 heavy (non-hydrogen) atoms. The average Bonchev–Trinajstić information content (AvgIpc) is 3.49. The maximum Gasteiger partial charge on any atom is 0.315 e. The van der Waals surface area contributed by atoms with Crippen molar-refractivity contribution in [2.75, 3.05) is 0 Å². The lowest BCUT2D eigenvalue weighted by Gasteiger charge is -2.31. The molecule has 0 aromatic heterocycles. The van der Waals surface area contributed by atoms with E-state index in [4.69, 9.17) is 0 Å². The van der Waals surface area contributed by atoms with Gasteiger partial charge in [-0.2, -0.15) is 0 Å². The lowest BCUT2D eigenvalue weighted by Crippen LogP contribution is -2.54. The number of urea groups is 1. The molecule has 2 atom stereocenters. The van der Waals surface area contributed by atoms with Crippen LogP contribution < -0.4 is 10.6 Å². The molecule has 0 spiro atoms. The molecule has 3 aliphatic rings. The number of fused-ring (bicyclic) bond motifs is 1. The Bertz CT molecular complexity index is 712. The summed E-state index contributed by atoms with van der Waals surface area (Å²) in [6, 6.07) is 6.88. The third-order valence-corrected chi connectivity index (χ3v) is 6.73. The predicted molar refractivity (Wildman–Crippen MR) is 107 cm³/mol. The van der Waals surface area contributed by atoms with Crippen LogP contribution in [0.25, 0.3) is 0 Å². The van der Waals surface area contributed by atoms with Gasteiger partial charge in [0.25, 0.3) is 0 Å². The molecule has 2 saturated carbocycles. The van der Waals surface area contributed by atoms with Crippen molar-refractivity contribution < 1.29 is 14.4 Å². The molecule has 5 nitrogen and oxygen atoms in total. The highest BCUT2D eigenvalue weighted by atomic mass is 16.2.